The number of benzene rings is 1. The molecule has 0 heterocycles. The molecule has 0 saturated carbocycles. The van der Waals surface area contributed by atoms with E-state index in [1.807, 2.05) is 24.3 Å². The van der Waals surface area contributed by atoms with E-state index in [9.17, 15) is 8.42 Å². The van der Waals surface area contributed by atoms with E-state index in [1.165, 1.54) is 0 Å². The van der Waals surface area contributed by atoms with Crippen molar-refractivity contribution in [3.05, 3.63) is 29.8 Å². The van der Waals surface area contributed by atoms with Crippen LogP contribution in [-0.4, -0.2) is 32.9 Å². The largest absolute Gasteiger partial charge is 0.497 e. The van der Waals surface area contributed by atoms with Crippen LogP contribution in [0.4, 0.5) is 0 Å². The van der Waals surface area contributed by atoms with E-state index in [0.29, 0.717) is 12.3 Å². The van der Waals surface area contributed by atoms with Crippen molar-refractivity contribution in [2.24, 2.45) is 5.92 Å². The average Bonchev–Trinajstić information content (AvgIpc) is 2.44. The Balaban J connectivity index is 2.56. The summed E-state index contributed by atoms with van der Waals surface area (Å²) in [5, 5.41) is 0. The van der Waals surface area contributed by atoms with Gasteiger partial charge in [0.2, 0.25) is 0 Å². The van der Waals surface area contributed by atoms with Crippen LogP contribution in [0.25, 0.3) is 0 Å². The molecule has 0 aromatic heterocycles. The summed E-state index contributed by atoms with van der Waals surface area (Å²) in [4.78, 5) is 0. The Labute approximate surface area is 120 Å². The molecule has 0 aliphatic rings. The van der Waals surface area contributed by atoms with Gasteiger partial charge in [-0.3, -0.25) is 0 Å². The maximum atomic E-state index is 11.5. The number of ether oxygens (including phenoxy) is 1. The Morgan fingerprint density at radius 2 is 1.89 bits per heavy atom. The number of sulfone groups is 1. The maximum absolute atomic E-state index is 11.5. The van der Waals surface area contributed by atoms with E-state index in [2.05, 4.69) is 0 Å². The van der Waals surface area contributed by atoms with Crippen LogP contribution in [0.3, 0.4) is 0 Å². The molecular formula is C14H21ClO3S. The van der Waals surface area contributed by atoms with Crippen molar-refractivity contribution in [1.29, 1.82) is 0 Å². The molecule has 0 amide bonds. The normalized spacial score (nSPS) is 13.2. The van der Waals surface area contributed by atoms with E-state index in [4.69, 9.17) is 16.3 Å². The lowest BCUT2D eigenvalue weighted by Crippen LogP contribution is -2.15. The standard InChI is InChI=1S/C14H21ClO3S/c1-3-19(16,17)9-8-13(11-15)10-12-4-6-14(18-2)7-5-12/h4-7,13H,3,8-11H2,1-2H3. The van der Waals surface area contributed by atoms with Crippen LogP contribution in [0, 0.1) is 5.92 Å². The fraction of sp³-hybridized carbons (Fsp3) is 0.571. The van der Waals surface area contributed by atoms with Crippen LogP contribution >= 0.6 is 11.6 Å². The highest BCUT2D eigenvalue weighted by atomic mass is 35.5. The molecule has 3 nitrogen and oxygen atoms in total. The third-order valence-electron chi connectivity index (χ3n) is 3.18. The summed E-state index contributed by atoms with van der Waals surface area (Å²) in [6.45, 7) is 1.68. The van der Waals surface area contributed by atoms with Gasteiger partial charge >= 0.3 is 0 Å². The first kappa shape index (κ1) is 16.3. The number of alkyl halides is 1. The van der Waals surface area contributed by atoms with Gasteiger partial charge in [0.1, 0.15) is 15.6 Å². The molecule has 1 unspecified atom stereocenters. The van der Waals surface area contributed by atoms with Crippen molar-refractivity contribution in [3.63, 3.8) is 0 Å². The van der Waals surface area contributed by atoms with E-state index in [-0.39, 0.29) is 17.4 Å². The first-order valence-corrected chi connectivity index (χ1v) is 8.75. The predicted octanol–water partition coefficient (Wildman–Crippen LogP) is 2.92. The monoisotopic (exact) mass is 304 g/mol. The van der Waals surface area contributed by atoms with Crippen molar-refractivity contribution in [1.82, 2.24) is 0 Å². The van der Waals surface area contributed by atoms with E-state index >= 15 is 0 Å². The average molecular weight is 305 g/mol. The van der Waals surface area contributed by atoms with Crippen LogP contribution in [-0.2, 0) is 16.3 Å². The SMILES string of the molecule is CCS(=O)(=O)CCC(CCl)Cc1ccc(OC)cc1. The van der Waals surface area contributed by atoms with Gasteiger partial charge in [-0.05, 0) is 36.5 Å². The molecule has 0 bridgehead atoms. The van der Waals surface area contributed by atoms with E-state index < -0.39 is 9.84 Å². The Hall–Kier alpha value is -0.740. The lowest BCUT2D eigenvalue weighted by atomic mass is 9.99. The second kappa shape index (κ2) is 7.75. The zero-order valence-corrected chi connectivity index (χ0v) is 13.0. The number of hydrogen-bond donors (Lipinski definition) is 0. The summed E-state index contributed by atoms with van der Waals surface area (Å²) in [5.74, 6) is 1.91. The third-order valence-corrected chi connectivity index (χ3v) is 5.35. The van der Waals surface area contributed by atoms with Gasteiger partial charge in [-0.2, -0.15) is 0 Å². The topological polar surface area (TPSA) is 43.4 Å². The molecule has 108 valence electrons. The number of hydrogen-bond acceptors (Lipinski definition) is 3. The molecule has 1 aromatic carbocycles. The van der Waals surface area contributed by atoms with E-state index in [1.54, 1.807) is 14.0 Å². The minimum absolute atomic E-state index is 0.191. The smallest absolute Gasteiger partial charge is 0.150 e. The molecule has 1 aromatic rings. The van der Waals surface area contributed by atoms with Crippen molar-refractivity contribution in [3.8, 4) is 5.75 Å². The molecule has 1 atom stereocenters. The Morgan fingerprint density at radius 3 is 2.37 bits per heavy atom. The predicted molar refractivity (Wildman–Crippen MR) is 79.9 cm³/mol. The van der Waals surface area contributed by atoms with Gasteiger partial charge in [0.25, 0.3) is 0 Å². The molecule has 0 radical (unpaired) electrons. The third kappa shape index (κ3) is 5.83. The zero-order chi connectivity index (χ0) is 14.3. The summed E-state index contributed by atoms with van der Waals surface area (Å²) < 4.78 is 28.1. The van der Waals surface area contributed by atoms with Crippen LogP contribution in [0.2, 0.25) is 0 Å². The Kier molecular flexibility index (Phi) is 6.66. The van der Waals surface area contributed by atoms with Gasteiger partial charge in [0.15, 0.2) is 0 Å². The summed E-state index contributed by atoms with van der Waals surface area (Å²) >= 11 is 5.93. The fourth-order valence-corrected chi connectivity index (χ4v) is 3.06. The number of methoxy groups -OCH3 is 1. The first-order chi connectivity index (χ1) is 9.00. The van der Waals surface area contributed by atoms with Gasteiger partial charge in [-0.25, -0.2) is 8.42 Å². The molecule has 0 saturated heterocycles. The molecule has 5 heteroatoms. The van der Waals surface area contributed by atoms with Crippen LogP contribution in [0.15, 0.2) is 24.3 Å². The fourth-order valence-electron chi connectivity index (χ4n) is 1.82. The summed E-state index contributed by atoms with van der Waals surface area (Å²) in [7, 11) is -1.28. The molecule has 0 N–H and O–H groups in total. The van der Waals surface area contributed by atoms with E-state index in [0.717, 1.165) is 17.7 Å². The number of rotatable bonds is 8. The van der Waals surface area contributed by atoms with Gasteiger partial charge in [0.05, 0.1) is 12.9 Å². The highest BCUT2D eigenvalue weighted by Gasteiger charge is 2.14. The van der Waals surface area contributed by atoms with Crippen LogP contribution in [0.5, 0.6) is 5.75 Å². The van der Waals surface area contributed by atoms with Gasteiger partial charge in [-0.15, -0.1) is 11.6 Å². The molecule has 1 rings (SSSR count). The Morgan fingerprint density at radius 1 is 1.26 bits per heavy atom. The van der Waals surface area contributed by atoms with Crippen LogP contribution < -0.4 is 4.74 Å². The molecule has 0 aliphatic carbocycles. The highest BCUT2D eigenvalue weighted by molar-refractivity contribution is 7.91. The second-order valence-electron chi connectivity index (χ2n) is 4.60. The van der Waals surface area contributed by atoms with Gasteiger partial charge in [-0.1, -0.05) is 19.1 Å². The molecule has 0 fully saturated rings. The van der Waals surface area contributed by atoms with Gasteiger partial charge in [0, 0.05) is 11.6 Å². The number of halogens is 1. The van der Waals surface area contributed by atoms with Gasteiger partial charge < -0.3 is 4.74 Å². The quantitative estimate of drug-likeness (QED) is 0.694. The minimum atomic E-state index is -2.91. The van der Waals surface area contributed by atoms with Crippen molar-refractivity contribution in [2.75, 3.05) is 24.5 Å². The minimum Gasteiger partial charge on any atom is -0.497 e. The summed E-state index contributed by atoms with van der Waals surface area (Å²) in [6.07, 6.45) is 1.42. The van der Waals surface area contributed by atoms with Crippen LogP contribution in [0.1, 0.15) is 18.9 Å². The van der Waals surface area contributed by atoms with Crippen molar-refractivity contribution < 1.29 is 13.2 Å². The molecular weight excluding hydrogens is 284 g/mol. The highest BCUT2D eigenvalue weighted by Crippen LogP contribution is 2.18. The Bertz CT molecular complexity index is 468. The summed E-state index contributed by atoms with van der Waals surface area (Å²) in [5.41, 5.74) is 1.15. The summed E-state index contributed by atoms with van der Waals surface area (Å²) in [6, 6.07) is 7.80. The first-order valence-electron chi connectivity index (χ1n) is 6.40. The lowest BCUT2D eigenvalue weighted by Gasteiger charge is -2.14. The van der Waals surface area contributed by atoms with Crippen molar-refractivity contribution in [2.45, 2.75) is 19.8 Å². The molecule has 0 spiro atoms. The maximum Gasteiger partial charge on any atom is 0.150 e. The zero-order valence-electron chi connectivity index (χ0n) is 11.4. The molecule has 19 heavy (non-hydrogen) atoms. The van der Waals surface area contributed by atoms with Crippen molar-refractivity contribution >= 4 is 21.4 Å². The lowest BCUT2D eigenvalue weighted by molar-refractivity contribution is 0.414. The second-order valence-corrected chi connectivity index (χ2v) is 7.38. The molecule has 0 aliphatic heterocycles.